The van der Waals surface area contributed by atoms with Crippen LogP contribution in [0.1, 0.15) is 19.4 Å². The van der Waals surface area contributed by atoms with E-state index in [2.05, 4.69) is 5.32 Å². The number of rotatable bonds is 5. The van der Waals surface area contributed by atoms with E-state index >= 15 is 0 Å². The topological polar surface area (TPSA) is 35.5 Å². The summed E-state index contributed by atoms with van der Waals surface area (Å²) < 4.78 is 0. The van der Waals surface area contributed by atoms with Gasteiger partial charge in [0.05, 0.1) is 5.60 Å². The summed E-state index contributed by atoms with van der Waals surface area (Å²) in [4.78, 5) is 2.03. The molecule has 0 aliphatic rings. The van der Waals surface area contributed by atoms with Crippen LogP contribution in [0.25, 0.3) is 0 Å². The van der Waals surface area contributed by atoms with Crippen molar-refractivity contribution in [2.24, 2.45) is 0 Å². The number of nitrogens with zero attached hydrogens (tertiary/aromatic N) is 1. The highest BCUT2D eigenvalue weighted by Gasteiger charge is 2.17. The first-order chi connectivity index (χ1) is 7.83. The Labute approximate surface area is 108 Å². The number of hydrogen-bond acceptors (Lipinski definition) is 3. The van der Waals surface area contributed by atoms with Gasteiger partial charge in [-0.05, 0) is 38.6 Å². The smallest absolute Gasteiger partial charge is 0.0765 e. The van der Waals surface area contributed by atoms with Gasteiger partial charge >= 0.3 is 0 Å². The lowest BCUT2D eigenvalue weighted by atomic mass is 10.1. The lowest BCUT2D eigenvalue weighted by Gasteiger charge is -2.29. The van der Waals surface area contributed by atoms with Crippen LogP contribution in [0.4, 0.5) is 5.69 Å². The first-order valence-corrected chi connectivity index (χ1v) is 6.08. The summed E-state index contributed by atoms with van der Waals surface area (Å²) in [5.74, 6) is 0. The van der Waals surface area contributed by atoms with Gasteiger partial charge in [0.2, 0.25) is 0 Å². The molecule has 0 atom stereocenters. The third-order valence-corrected chi connectivity index (χ3v) is 2.69. The second-order valence-electron chi connectivity index (χ2n) is 4.97. The largest absolute Gasteiger partial charge is 0.389 e. The van der Waals surface area contributed by atoms with Gasteiger partial charge in [-0.2, -0.15) is 0 Å². The minimum absolute atomic E-state index is 0.560. The Morgan fingerprint density at radius 1 is 1.41 bits per heavy atom. The summed E-state index contributed by atoms with van der Waals surface area (Å²) in [5, 5.41) is 13.7. The Bertz CT molecular complexity index is 374. The van der Waals surface area contributed by atoms with Crippen LogP contribution in [0.5, 0.6) is 0 Å². The molecule has 4 heteroatoms. The van der Waals surface area contributed by atoms with Gasteiger partial charge in [0.1, 0.15) is 0 Å². The third kappa shape index (κ3) is 4.54. The number of nitrogens with one attached hydrogen (secondary N) is 1. The van der Waals surface area contributed by atoms with Gasteiger partial charge in [0.15, 0.2) is 0 Å². The van der Waals surface area contributed by atoms with Gasteiger partial charge in [-0.3, -0.25) is 0 Å². The van der Waals surface area contributed by atoms with Crippen LogP contribution in [-0.4, -0.2) is 31.3 Å². The number of anilines is 1. The first-order valence-electron chi connectivity index (χ1n) is 5.70. The molecule has 0 heterocycles. The molecule has 0 aromatic heterocycles. The Balaban J connectivity index is 2.97. The molecule has 0 radical (unpaired) electrons. The van der Waals surface area contributed by atoms with E-state index in [-0.39, 0.29) is 0 Å². The molecule has 0 aliphatic carbocycles. The van der Waals surface area contributed by atoms with Gasteiger partial charge in [-0.1, -0.05) is 17.7 Å². The van der Waals surface area contributed by atoms with Crippen LogP contribution in [-0.2, 0) is 6.54 Å². The Morgan fingerprint density at radius 3 is 2.59 bits per heavy atom. The van der Waals surface area contributed by atoms with E-state index < -0.39 is 5.60 Å². The molecule has 0 saturated heterocycles. The van der Waals surface area contributed by atoms with Crippen molar-refractivity contribution in [2.75, 3.05) is 25.5 Å². The molecule has 17 heavy (non-hydrogen) atoms. The molecule has 0 saturated carbocycles. The summed E-state index contributed by atoms with van der Waals surface area (Å²) in [7, 11) is 3.87. The predicted octanol–water partition coefficient (Wildman–Crippen LogP) is 2.27. The van der Waals surface area contributed by atoms with Gasteiger partial charge < -0.3 is 15.3 Å². The first kappa shape index (κ1) is 14.3. The summed E-state index contributed by atoms with van der Waals surface area (Å²) in [5.41, 5.74) is 1.49. The number of hydrogen-bond donors (Lipinski definition) is 2. The fraction of sp³-hybridized carbons (Fsp3) is 0.538. The Kier molecular flexibility index (Phi) is 4.80. The summed E-state index contributed by atoms with van der Waals surface area (Å²) >= 11 is 6.02. The summed E-state index contributed by atoms with van der Waals surface area (Å²) in [6, 6.07) is 5.82. The van der Waals surface area contributed by atoms with E-state index in [1.165, 1.54) is 5.56 Å². The molecule has 0 amide bonds. The zero-order valence-electron chi connectivity index (χ0n) is 10.9. The van der Waals surface area contributed by atoms with Crippen LogP contribution in [0.2, 0.25) is 5.02 Å². The molecule has 2 N–H and O–H groups in total. The molecule has 1 aromatic rings. The van der Waals surface area contributed by atoms with Gasteiger partial charge in [0, 0.05) is 30.8 Å². The zero-order chi connectivity index (χ0) is 13.1. The fourth-order valence-electron chi connectivity index (χ4n) is 1.90. The number of halogens is 1. The van der Waals surface area contributed by atoms with Crippen LogP contribution in [0.15, 0.2) is 18.2 Å². The van der Waals surface area contributed by atoms with E-state index in [9.17, 15) is 5.11 Å². The van der Waals surface area contributed by atoms with Crippen molar-refractivity contribution in [3.63, 3.8) is 0 Å². The van der Waals surface area contributed by atoms with E-state index in [0.29, 0.717) is 11.6 Å². The predicted molar refractivity (Wildman–Crippen MR) is 73.8 cm³/mol. The maximum atomic E-state index is 9.85. The molecule has 1 rings (SSSR count). The molecule has 0 bridgehead atoms. The molecule has 0 spiro atoms. The third-order valence-electron chi connectivity index (χ3n) is 2.45. The van der Waals surface area contributed by atoms with Crippen LogP contribution < -0.4 is 10.2 Å². The number of likely N-dealkylation sites (N-methyl/N-ethyl adjacent to an activating group) is 1. The molecule has 1 aromatic carbocycles. The van der Waals surface area contributed by atoms with E-state index in [1.807, 2.05) is 37.2 Å². The standard InChI is InChI=1S/C13H21ClN2O/c1-13(2,17)9-16(4)12-7-11(14)6-5-10(12)8-15-3/h5-7,15,17H,8-9H2,1-4H3. The SMILES string of the molecule is CNCc1ccc(Cl)cc1N(C)CC(C)(C)O. The lowest BCUT2D eigenvalue weighted by Crippen LogP contribution is -2.36. The van der Waals surface area contributed by atoms with Crippen molar-refractivity contribution >= 4 is 17.3 Å². The van der Waals surface area contributed by atoms with Crippen molar-refractivity contribution in [3.05, 3.63) is 28.8 Å². The minimum Gasteiger partial charge on any atom is -0.389 e. The van der Waals surface area contributed by atoms with Crippen LogP contribution >= 0.6 is 11.6 Å². The molecular weight excluding hydrogens is 236 g/mol. The van der Waals surface area contributed by atoms with Crippen LogP contribution in [0, 0.1) is 0 Å². The van der Waals surface area contributed by atoms with E-state index in [0.717, 1.165) is 12.2 Å². The maximum absolute atomic E-state index is 9.85. The zero-order valence-corrected chi connectivity index (χ0v) is 11.7. The quantitative estimate of drug-likeness (QED) is 0.849. The molecule has 3 nitrogen and oxygen atoms in total. The fourth-order valence-corrected chi connectivity index (χ4v) is 2.06. The number of benzene rings is 1. The summed E-state index contributed by atoms with van der Waals surface area (Å²) in [6.07, 6.45) is 0. The normalized spacial score (nSPS) is 11.6. The van der Waals surface area contributed by atoms with Crippen molar-refractivity contribution < 1.29 is 5.11 Å². The van der Waals surface area contributed by atoms with Gasteiger partial charge in [-0.25, -0.2) is 0 Å². The van der Waals surface area contributed by atoms with E-state index in [4.69, 9.17) is 11.6 Å². The van der Waals surface area contributed by atoms with Gasteiger partial charge in [0.25, 0.3) is 0 Å². The maximum Gasteiger partial charge on any atom is 0.0765 e. The van der Waals surface area contributed by atoms with Crippen molar-refractivity contribution in [1.82, 2.24) is 5.32 Å². The van der Waals surface area contributed by atoms with E-state index in [1.54, 1.807) is 13.8 Å². The van der Waals surface area contributed by atoms with Gasteiger partial charge in [-0.15, -0.1) is 0 Å². The number of aliphatic hydroxyl groups is 1. The molecule has 0 aliphatic heterocycles. The Hall–Kier alpha value is -0.770. The molecular formula is C13H21ClN2O. The minimum atomic E-state index is -0.728. The highest BCUT2D eigenvalue weighted by Crippen LogP contribution is 2.25. The van der Waals surface area contributed by atoms with Crippen molar-refractivity contribution in [2.45, 2.75) is 26.0 Å². The summed E-state index contributed by atoms with van der Waals surface area (Å²) in [6.45, 7) is 4.93. The average Bonchev–Trinajstić information content (AvgIpc) is 2.18. The molecule has 96 valence electrons. The van der Waals surface area contributed by atoms with Crippen molar-refractivity contribution in [3.8, 4) is 0 Å². The molecule has 0 unspecified atom stereocenters. The lowest BCUT2D eigenvalue weighted by molar-refractivity contribution is 0.0886. The monoisotopic (exact) mass is 256 g/mol. The second-order valence-corrected chi connectivity index (χ2v) is 5.41. The van der Waals surface area contributed by atoms with Crippen LogP contribution in [0.3, 0.4) is 0 Å². The molecule has 0 fully saturated rings. The van der Waals surface area contributed by atoms with Crippen molar-refractivity contribution in [1.29, 1.82) is 0 Å². The highest BCUT2D eigenvalue weighted by atomic mass is 35.5. The average molecular weight is 257 g/mol. The highest BCUT2D eigenvalue weighted by molar-refractivity contribution is 6.30. The Morgan fingerprint density at radius 2 is 2.06 bits per heavy atom. The second kappa shape index (κ2) is 5.71.